The molecule has 0 radical (unpaired) electrons. The van der Waals surface area contributed by atoms with Crippen molar-refractivity contribution in [2.75, 3.05) is 18.4 Å². The molecule has 0 atom stereocenters. The highest BCUT2D eigenvalue weighted by atomic mass is 16.1. The van der Waals surface area contributed by atoms with Gasteiger partial charge in [-0.3, -0.25) is 4.79 Å². The Morgan fingerprint density at radius 2 is 1.62 bits per heavy atom. The van der Waals surface area contributed by atoms with Crippen LogP contribution in [0.25, 0.3) is 0 Å². The molecule has 0 aliphatic carbocycles. The van der Waals surface area contributed by atoms with E-state index >= 15 is 0 Å². The van der Waals surface area contributed by atoms with E-state index in [4.69, 9.17) is 0 Å². The van der Waals surface area contributed by atoms with Gasteiger partial charge in [-0.15, -0.1) is 0 Å². The highest BCUT2D eigenvalue weighted by Gasteiger charge is 2.17. The molecule has 2 aromatic carbocycles. The third-order valence-electron chi connectivity index (χ3n) is 3.91. The summed E-state index contributed by atoms with van der Waals surface area (Å²) in [5.41, 5.74) is 2.43. The van der Waals surface area contributed by atoms with Crippen LogP contribution in [-0.4, -0.2) is 24.9 Å². The van der Waals surface area contributed by atoms with Gasteiger partial charge in [0.2, 0.25) is 0 Å². The molecule has 3 nitrogen and oxygen atoms in total. The summed E-state index contributed by atoms with van der Waals surface area (Å²) in [6.07, 6.45) is 2.18. The fraction of sp³-hybridized carbons (Fsp3) is 0.278. The number of carbonyl (C=O) groups excluding carboxylic acids is 1. The van der Waals surface area contributed by atoms with Crippen LogP contribution in [0.15, 0.2) is 54.6 Å². The summed E-state index contributed by atoms with van der Waals surface area (Å²) in [5.74, 6) is 0.0765. The highest BCUT2D eigenvalue weighted by molar-refractivity contribution is 6.12. The number of benzene rings is 2. The Morgan fingerprint density at radius 3 is 2.38 bits per heavy atom. The van der Waals surface area contributed by atoms with Crippen LogP contribution in [0, 0.1) is 0 Å². The molecule has 1 aliphatic heterocycles. The SMILES string of the molecule is O=C(c1ccccc1)c1ccccc1NC1CCNCC1. The Morgan fingerprint density at radius 1 is 0.952 bits per heavy atom. The minimum atomic E-state index is 0.0765. The predicted molar refractivity (Wildman–Crippen MR) is 85.8 cm³/mol. The Kier molecular flexibility index (Phi) is 4.31. The predicted octanol–water partition coefficient (Wildman–Crippen LogP) is 3.08. The molecular weight excluding hydrogens is 260 g/mol. The minimum absolute atomic E-state index is 0.0765. The molecule has 1 fully saturated rings. The van der Waals surface area contributed by atoms with Crippen molar-refractivity contribution in [1.82, 2.24) is 5.32 Å². The molecule has 21 heavy (non-hydrogen) atoms. The number of carbonyl (C=O) groups is 1. The van der Waals surface area contributed by atoms with Crippen LogP contribution in [0.4, 0.5) is 5.69 Å². The molecule has 1 heterocycles. The topological polar surface area (TPSA) is 41.1 Å². The van der Waals surface area contributed by atoms with E-state index < -0.39 is 0 Å². The quantitative estimate of drug-likeness (QED) is 0.846. The standard InChI is InChI=1S/C18H20N2O/c21-18(14-6-2-1-3-7-14)16-8-4-5-9-17(16)20-15-10-12-19-13-11-15/h1-9,15,19-20H,10-13H2. The average Bonchev–Trinajstić information content (AvgIpc) is 2.56. The smallest absolute Gasteiger partial charge is 0.195 e. The highest BCUT2D eigenvalue weighted by Crippen LogP contribution is 2.21. The van der Waals surface area contributed by atoms with Crippen molar-refractivity contribution in [3.63, 3.8) is 0 Å². The monoisotopic (exact) mass is 280 g/mol. The maximum atomic E-state index is 12.7. The van der Waals surface area contributed by atoms with Crippen molar-refractivity contribution in [3.8, 4) is 0 Å². The first kappa shape index (κ1) is 13.8. The third kappa shape index (κ3) is 3.31. The molecule has 0 spiro atoms. The molecule has 0 saturated carbocycles. The second-order valence-electron chi connectivity index (χ2n) is 5.41. The first-order chi connectivity index (χ1) is 10.3. The minimum Gasteiger partial charge on any atom is -0.382 e. The molecule has 0 amide bonds. The fourth-order valence-electron chi connectivity index (χ4n) is 2.74. The molecule has 0 unspecified atom stereocenters. The van der Waals surface area contributed by atoms with Gasteiger partial charge in [0.25, 0.3) is 0 Å². The van der Waals surface area contributed by atoms with Gasteiger partial charge in [0.15, 0.2) is 5.78 Å². The second-order valence-corrected chi connectivity index (χ2v) is 5.41. The third-order valence-corrected chi connectivity index (χ3v) is 3.91. The molecule has 2 aromatic rings. The van der Waals surface area contributed by atoms with Gasteiger partial charge >= 0.3 is 0 Å². The van der Waals surface area contributed by atoms with E-state index in [9.17, 15) is 4.79 Å². The van der Waals surface area contributed by atoms with E-state index in [-0.39, 0.29) is 5.78 Å². The van der Waals surface area contributed by atoms with E-state index in [2.05, 4.69) is 10.6 Å². The van der Waals surface area contributed by atoms with Crippen molar-refractivity contribution >= 4 is 11.5 Å². The summed E-state index contributed by atoms with van der Waals surface area (Å²) < 4.78 is 0. The molecule has 1 aliphatic rings. The maximum absolute atomic E-state index is 12.7. The normalized spacial score (nSPS) is 15.6. The lowest BCUT2D eigenvalue weighted by molar-refractivity contribution is 0.103. The summed E-state index contributed by atoms with van der Waals surface area (Å²) in [5, 5.41) is 6.90. The summed E-state index contributed by atoms with van der Waals surface area (Å²) in [7, 11) is 0. The van der Waals surface area contributed by atoms with Gasteiger partial charge in [-0.2, -0.15) is 0 Å². The molecule has 2 N–H and O–H groups in total. The van der Waals surface area contributed by atoms with Crippen molar-refractivity contribution in [3.05, 3.63) is 65.7 Å². The fourth-order valence-corrected chi connectivity index (χ4v) is 2.74. The lowest BCUT2D eigenvalue weighted by Gasteiger charge is -2.25. The zero-order valence-electron chi connectivity index (χ0n) is 12.0. The number of anilines is 1. The summed E-state index contributed by atoms with van der Waals surface area (Å²) in [6.45, 7) is 2.07. The van der Waals surface area contributed by atoms with Gasteiger partial charge in [0.1, 0.15) is 0 Å². The molecule has 108 valence electrons. The van der Waals surface area contributed by atoms with Gasteiger partial charge < -0.3 is 10.6 Å². The van der Waals surface area contributed by atoms with Crippen LogP contribution in [-0.2, 0) is 0 Å². The average molecular weight is 280 g/mol. The van der Waals surface area contributed by atoms with Crippen LogP contribution in [0.2, 0.25) is 0 Å². The maximum Gasteiger partial charge on any atom is 0.195 e. The summed E-state index contributed by atoms with van der Waals surface area (Å²) >= 11 is 0. The molecule has 3 rings (SSSR count). The summed E-state index contributed by atoms with van der Waals surface area (Å²) in [6, 6.07) is 17.7. The van der Waals surface area contributed by atoms with Gasteiger partial charge in [-0.25, -0.2) is 0 Å². The number of hydrogen-bond donors (Lipinski definition) is 2. The van der Waals surface area contributed by atoms with Crippen LogP contribution in [0.1, 0.15) is 28.8 Å². The Balaban J connectivity index is 1.83. The van der Waals surface area contributed by atoms with E-state index in [0.29, 0.717) is 6.04 Å². The lowest BCUT2D eigenvalue weighted by atomic mass is 10.00. The second kappa shape index (κ2) is 6.55. The molecule has 0 bridgehead atoms. The molecule has 0 aromatic heterocycles. The van der Waals surface area contributed by atoms with Gasteiger partial charge in [-0.1, -0.05) is 42.5 Å². The van der Waals surface area contributed by atoms with Crippen LogP contribution >= 0.6 is 0 Å². The number of nitrogens with one attached hydrogen (secondary N) is 2. The zero-order valence-corrected chi connectivity index (χ0v) is 12.0. The van der Waals surface area contributed by atoms with Gasteiger partial charge in [0.05, 0.1) is 0 Å². The van der Waals surface area contributed by atoms with E-state index in [0.717, 1.165) is 42.7 Å². The van der Waals surface area contributed by atoms with Crippen molar-refractivity contribution < 1.29 is 4.79 Å². The van der Waals surface area contributed by atoms with Crippen LogP contribution < -0.4 is 10.6 Å². The number of ketones is 1. The van der Waals surface area contributed by atoms with Gasteiger partial charge in [-0.05, 0) is 38.1 Å². The van der Waals surface area contributed by atoms with E-state index in [1.54, 1.807) is 0 Å². The van der Waals surface area contributed by atoms with E-state index in [1.807, 2.05) is 54.6 Å². The molecule has 1 saturated heterocycles. The Hall–Kier alpha value is -2.13. The van der Waals surface area contributed by atoms with Crippen molar-refractivity contribution in [2.45, 2.75) is 18.9 Å². The summed E-state index contributed by atoms with van der Waals surface area (Å²) in [4.78, 5) is 12.7. The Labute approximate surface area is 125 Å². The van der Waals surface area contributed by atoms with Crippen LogP contribution in [0.3, 0.4) is 0 Å². The lowest BCUT2D eigenvalue weighted by Crippen LogP contribution is -2.35. The number of rotatable bonds is 4. The number of hydrogen-bond acceptors (Lipinski definition) is 3. The number of para-hydroxylation sites is 1. The van der Waals surface area contributed by atoms with Crippen LogP contribution in [0.5, 0.6) is 0 Å². The van der Waals surface area contributed by atoms with Gasteiger partial charge in [0, 0.05) is 22.9 Å². The Bertz CT molecular complexity index is 604. The number of piperidine rings is 1. The van der Waals surface area contributed by atoms with Crippen molar-refractivity contribution in [1.29, 1.82) is 0 Å². The van der Waals surface area contributed by atoms with E-state index in [1.165, 1.54) is 0 Å². The molecular formula is C18H20N2O. The first-order valence-electron chi connectivity index (χ1n) is 7.50. The largest absolute Gasteiger partial charge is 0.382 e. The zero-order chi connectivity index (χ0) is 14.5. The molecule has 3 heteroatoms. The van der Waals surface area contributed by atoms with Crippen molar-refractivity contribution in [2.24, 2.45) is 0 Å². The first-order valence-corrected chi connectivity index (χ1v) is 7.50.